The van der Waals surface area contributed by atoms with E-state index in [0.717, 1.165) is 36.5 Å². The molecule has 1 aliphatic rings. The van der Waals surface area contributed by atoms with Crippen LogP contribution in [0.15, 0.2) is 54.9 Å². The number of rotatable bonds is 6. The second-order valence-corrected chi connectivity index (χ2v) is 7.58. The fraction of sp³-hybridized carbons (Fsp3) is 0.318. The molecule has 1 fully saturated rings. The van der Waals surface area contributed by atoms with E-state index in [1.807, 2.05) is 42.5 Å². The molecule has 3 aromatic rings. The Morgan fingerprint density at radius 1 is 1.03 bits per heavy atom. The summed E-state index contributed by atoms with van der Waals surface area (Å²) in [4.78, 5) is 20.4. The van der Waals surface area contributed by atoms with Gasteiger partial charge in [0.05, 0.1) is 17.4 Å². The summed E-state index contributed by atoms with van der Waals surface area (Å²) >= 11 is 5.78. The molecule has 0 radical (unpaired) electrons. The minimum absolute atomic E-state index is 0.00732. The first-order chi connectivity index (χ1) is 14.2. The number of fused-ring (bicyclic) bond motifs is 1. The average molecular weight is 412 g/mol. The van der Waals surface area contributed by atoms with E-state index in [1.165, 1.54) is 12.4 Å². The number of ether oxygens (including phenoxy) is 2. The Morgan fingerprint density at radius 3 is 2.52 bits per heavy atom. The van der Waals surface area contributed by atoms with E-state index in [0.29, 0.717) is 16.8 Å². The predicted octanol–water partition coefficient (Wildman–Crippen LogP) is 4.17. The maximum Gasteiger partial charge on any atom is 0.316 e. The number of nitrogens with one attached hydrogen (secondary N) is 1. The van der Waals surface area contributed by atoms with Crippen LogP contribution in [0.1, 0.15) is 25.7 Å². The van der Waals surface area contributed by atoms with Crippen LogP contribution >= 0.6 is 11.6 Å². The minimum Gasteiger partial charge on any atom is -0.484 e. The Bertz CT molecular complexity index is 972. The van der Waals surface area contributed by atoms with E-state index < -0.39 is 0 Å². The number of carbonyl (C=O) groups is 1. The van der Waals surface area contributed by atoms with Gasteiger partial charge >= 0.3 is 6.01 Å². The molecule has 150 valence electrons. The Hall–Kier alpha value is -2.86. The Morgan fingerprint density at radius 2 is 1.76 bits per heavy atom. The summed E-state index contributed by atoms with van der Waals surface area (Å²) in [5.74, 6) is 0.586. The molecule has 6 nitrogen and oxygen atoms in total. The highest BCUT2D eigenvalue weighted by molar-refractivity contribution is 6.30. The van der Waals surface area contributed by atoms with Crippen LogP contribution in [0.25, 0.3) is 10.8 Å². The predicted molar refractivity (Wildman–Crippen MR) is 111 cm³/mol. The van der Waals surface area contributed by atoms with Crippen molar-refractivity contribution in [3.8, 4) is 11.8 Å². The van der Waals surface area contributed by atoms with Crippen LogP contribution < -0.4 is 14.8 Å². The first-order valence-electron chi connectivity index (χ1n) is 9.71. The Balaban J connectivity index is 1.20. The summed E-state index contributed by atoms with van der Waals surface area (Å²) in [5, 5.41) is 5.77. The Kier molecular flexibility index (Phi) is 6.10. The second-order valence-electron chi connectivity index (χ2n) is 7.14. The number of amides is 1. The van der Waals surface area contributed by atoms with E-state index in [1.54, 1.807) is 0 Å². The quantitative estimate of drug-likeness (QED) is 0.659. The van der Waals surface area contributed by atoms with Gasteiger partial charge in [0.2, 0.25) is 0 Å². The molecule has 0 bridgehead atoms. The van der Waals surface area contributed by atoms with Crippen molar-refractivity contribution in [1.29, 1.82) is 0 Å². The lowest BCUT2D eigenvalue weighted by Gasteiger charge is -2.28. The van der Waals surface area contributed by atoms with E-state index in [9.17, 15) is 4.79 Å². The molecule has 1 amide bonds. The molecular formula is C22H22ClN3O3. The molecule has 0 atom stereocenters. The van der Waals surface area contributed by atoms with Gasteiger partial charge in [-0.1, -0.05) is 41.9 Å². The maximum atomic E-state index is 12.3. The van der Waals surface area contributed by atoms with Gasteiger partial charge in [0.25, 0.3) is 5.91 Å². The van der Waals surface area contributed by atoms with Gasteiger partial charge in [-0.15, -0.1) is 0 Å². The highest BCUT2D eigenvalue weighted by Crippen LogP contribution is 2.23. The second kappa shape index (κ2) is 9.09. The highest BCUT2D eigenvalue weighted by Gasteiger charge is 2.24. The topological polar surface area (TPSA) is 73.3 Å². The van der Waals surface area contributed by atoms with Crippen LogP contribution in [0.3, 0.4) is 0 Å². The monoisotopic (exact) mass is 411 g/mol. The lowest BCUT2D eigenvalue weighted by atomic mass is 9.93. The van der Waals surface area contributed by atoms with Crippen LogP contribution in [0.4, 0.5) is 0 Å². The fourth-order valence-electron chi connectivity index (χ4n) is 3.51. The third kappa shape index (κ3) is 5.35. The van der Waals surface area contributed by atoms with E-state index in [2.05, 4.69) is 15.3 Å². The van der Waals surface area contributed by atoms with Gasteiger partial charge in [-0.2, -0.15) is 0 Å². The molecule has 2 aromatic carbocycles. The number of hydrogen-bond acceptors (Lipinski definition) is 5. The number of halogens is 1. The van der Waals surface area contributed by atoms with Gasteiger partial charge in [-0.3, -0.25) is 4.79 Å². The van der Waals surface area contributed by atoms with Gasteiger partial charge in [-0.25, -0.2) is 9.97 Å². The first kappa shape index (κ1) is 19.5. The van der Waals surface area contributed by atoms with Crippen LogP contribution in [-0.2, 0) is 4.79 Å². The zero-order valence-electron chi connectivity index (χ0n) is 15.9. The van der Waals surface area contributed by atoms with E-state index in [4.69, 9.17) is 21.1 Å². The van der Waals surface area contributed by atoms with E-state index in [-0.39, 0.29) is 24.7 Å². The van der Waals surface area contributed by atoms with Crippen molar-refractivity contribution in [3.05, 3.63) is 59.9 Å². The molecule has 1 heterocycles. The van der Waals surface area contributed by atoms with Crippen LogP contribution in [0.2, 0.25) is 5.02 Å². The Labute approximate surface area is 174 Å². The van der Waals surface area contributed by atoms with Crippen molar-refractivity contribution in [2.24, 2.45) is 0 Å². The van der Waals surface area contributed by atoms with Crippen molar-refractivity contribution in [1.82, 2.24) is 15.3 Å². The number of aromatic nitrogens is 2. The minimum atomic E-state index is -0.108. The van der Waals surface area contributed by atoms with Gasteiger partial charge in [0.1, 0.15) is 11.9 Å². The van der Waals surface area contributed by atoms with Crippen molar-refractivity contribution in [3.63, 3.8) is 0 Å². The smallest absolute Gasteiger partial charge is 0.316 e. The lowest BCUT2D eigenvalue weighted by Crippen LogP contribution is -2.41. The third-order valence-electron chi connectivity index (χ3n) is 5.00. The number of hydrogen-bond donors (Lipinski definition) is 1. The lowest BCUT2D eigenvalue weighted by molar-refractivity contribution is -0.124. The maximum absolute atomic E-state index is 12.3. The van der Waals surface area contributed by atoms with Gasteiger partial charge < -0.3 is 14.8 Å². The molecular weight excluding hydrogens is 390 g/mol. The highest BCUT2D eigenvalue weighted by atomic mass is 35.5. The van der Waals surface area contributed by atoms with Crippen LogP contribution in [0.5, 0.6) is 11.8 Å². The normalized spacial score (nSPS) is 18.9. The summed E-state index contributed by atoms with van der Waals surface area (Å²) in [6, 6.07) is 14.4. The summed E-state index contributed by atoms with van der Waals surface area (Å²) < 4.78 is 11.4. The molecule has 29 heavy (non-hydrogen) atoms. The largest absolute Gasteiger partial charge is 0.484 e. The molecule has 0 aliphatic heterocycles. The molecule has 4 rings (SSSR count). The van der Waals surface area contributed by atoms with Crippen molar-refractivity contribution >= 4 is 28.3 Å². The average Bonchev–Trinajstić information content (AvgIpc) is 2.75. The summed E-state index contributed by atoms with van der Waals surface area (Å²) in [7, 11) is 0. The van der Waals surface area contributed by atoms with Gasteiger partial charge in [0.15, 0.2) is 6.61 Å². The number of carbonyl (C=O) groups excluding carboxylic acids is 1. The molecule has 1 N–H and O–H groups in total. The third-order valence-corrected chi connectivity index (χ3v) is 5.19. The molecule has 0 unspecified atom stereocenters. The molecule has 7 heteroatoms. The van der Waals surface area contributed by atoms with Crippen LogP contribution in [-0.4, -0.2) is 34.6 Å². The fourth-order valence-corrected chi connectivity index (χ4v) is 3.61. The molecule has 1 aromatic heterocycles. The SMILES string of the molecule is O=C(COc1ccc2ccccc2c1)NC1CCC(Oc2ncc(Cl)cn2)CC1. The van der Waals surface area contributed by atoms with Crippen LogP contribution in [0, 0.1) is 0 Å². The zero-order chi connectivity index (χ0) is 20.1. The summed E-state index contributed by atoms with van der Waals surface area (Å²) in [6.45, 7) is 0.00732. The first-order valence-corrected chi connectivity index (χ1v) is 10.1. The number of nitrogens with zero attached hydrogens (tertiary/aromatic N) is 2. The van der Waals surface area contributed by atoms with E-state index >= 15 is 0 Å². The van der Waals surface area contributed by atoms with Gasteiger partial charge in [-0.05, 0) is 48.6 Å². The summed E-state index contributed by atoms with van der Waals surface area (Å²) in [5.41, 5.74) is 0. The standard InChI is InChI=1S/C22H22ClN3O3/c23-17-12-24-22(25-13-17)29-19-9-6-18(7-10-19)26-21(27)14-28-20-8-5-15-3-1-2-4-16(15)11-20/h1-5,8,11-13,18-19H,6-7,9-10,14H2,(H,26,27). The molecule has 0 saturated heterocycles. The summed E-state index contributed by atoms with van der Waals surface area (Å²) in [6.07, 6.45) is 6.46. The molecule has 1 aliphatic carbocycles. The zero-order valence-corrected chi connectivity index (χ0v) is 16.6. The van der Waals surface area contributed by atoms with Crippen molar-refractivity contribution < 1.29 is 14.3 Å². The van der Waals surface area contributed by atoms with Crippen molar-refractivity contribution in [2.45, 2.75) is 37.8 Å². The molecule has 1 saturated carbocycles. The molecule has 0 spiro atoms. The van der Waals surface area contributed by atoms with Crippen molar-refractivity contribution in [2.75, 3.05) is 6.61 Å². The van der Waals surface area contributed by atoms with Gasteiger partial charge in [0, 0.05) is 6.04 Å². The number of benzene rings is 2.